The Labute approximate surface area is 198 Å². The first-order valence-electron chi connectivity index (χ1n) is 10.9. The maximum atomic E-state index is 12.5. The minimum absolute atomic E-state index is 0.00237. The van der Waals surface area contributed by atoms with E-state index in [1.54, 1.807) is 7.11 Å². The topological polar surface area (TPSA) is 101 Å². The van der Waals surface area contributed by atoms with E-state index in [4.69, 9.17) is 4.74 Å². The van der Waals surface area contributed by atoms with Crippen molar-refractivity contribution in [2.24, 2.45) is 0 Å². The van der Waals surface area contributed by atoms with Crippen molar-refractivity contribution in [3.63, 3.8) is 0 Å². The van der Waals surface area contributed by atoms with Gasteiger partial charge in [-0.25, -0.2) is 13.2 Å². The van der Waals surface area contributed by atoms with E-state index in [1.165, 1.54) is 23.1 Å². The molecule has 0 bridgehead atoms. The average Bonchev–Trinajstić information content (AvgIpc) is 3.14. The molecule has 0 fully saturated rings. The second-order valence-electron chi connectivity index (χ2n) is 9.81. The molecule has 2 heterocycles. The van der Waals surface area contributed by atoms with Crippen LogP contribution in [0.25, 0.3) is 5.69 Å². The molecule has 0 aliphatic carbocycles. The van der Waals surface area contributed by atoms with Crippen LogP contribution in [-0.4, -0.2) is 31.3 Å². The molecule has 4 rings (SSSR count). The number of aromatic amines is 1. The highest BCUT2D eigenvalue weighted by Crippen LogP contribution is 2.43. The Morgan fingerprint density at radius 3 is 2.35 bits per heavy atom. The summed E-state index contributed by atoms with van der Waals surface area (Å²) in [5.41, 5.74) is 4.06. The van der Waals surface area contributed by atoms with Crippen molar-refractivity contribution in [1.29, 1.82) is 0 Å². The average molecular weight is 484 g/mol. The minimum atomic E-state index is -3.13. The van der Waals surface area contributed by atoms with Crippen molar-refractivity contribution in [3.8, 4) is 11.4 Å². The summed E-state index contributed by atoms with van der Waals surface area (Å²) in [5.74, 6) is 0.723. The quantitative estimate of drug-likeness (QED) is 0.599. The highest BCUT2D eigenvalue weighted by atomic mass is 32.2. The van der Waals surface area contributed by atoms with Crippen molar-refractivity contribution in [3.05, 3.63) is 85.7 Å². The normalized spacial score (nSPS) is 13.7. The molecule has 0 unspecified atom stereocenters. The molecule has 1 N–H and O–H groups in total. The molecule has 8 nitrogen and oxygen atoms in total. The Hall–Kier alpha value is -3.33. The second-order valence-corrected chi connectivity index (χ2v) is 11.9. The van der Waals surface area contributed by atoms with Crippen LogP contribution < -0.4 is 20.9 Å². The van der Waals surface area contributed by atoms with E-state index in [9.17, 15) is 18.0 Å². The van der Waals surface area contributed by atoms with Gasteiger partial charge in [0.2, 0.25) is 0 Å². The second kappa shape index (κ2) is 8.47. The van der Waals surface area contributed by atoms with Gasteiger partial charge in [0.1, 0.15) is 5.75 Å². The maximum absolute atomic E-state index is 12.5. The summed E-state index contributed by atoms with van der Waals surface area (Å²) >= 11 is 0. The number of hydrogen-bond donors (Lipinski definition) is 1. The molecule has 2 aromatic carbocycles. The number of ether oxygens (including phenoxy) is 1. The van der Waals surface area contributed by atoms with Gasteiger partial charge < -0.3 is 9.64 Å². The monoisotopic (exact) mass is 483 g/mol. The molecule has 0 amide bonds. The Kier molecular flexibility index (Phi) is 5.93. The lowest BCUT2D eigenvalue weighted by Gasteiger charge is -2.29. The number of nitrogens with zero attached hydrogens (tertiary/aromatic N) is 2. The number of hydrogen-bond acceptors (Lipinski definition) is 6. The molecule has 34 heavy (non-hydrogen) atoms. The Balaban J connectivity index is 1.83. The number of fused-ring (bicyclic) bond motifs is 1. The first-order chi connectivity index (χ1) is 15.9. The van der Waals surface area contributed by atoms with E-state index in [2.05, 4.69) is 30.7 Å². The minimum Gasteiger partial charge on any atom is -0.494 e. The molecule has 0 atom stereocenters. The molecule has 0 radical (unpaired) electrons. The first-order valence-corrected chi connectivity index (χ1v) is 13.0. The van der Waals surface area contributed by atoms with Crippen molar-refractivity contribution in [2.75, 3.05) is 18.3 Å². The molecule has 0 spiro atoms. The molecular formula is C25H29N3O5S. The zero-order valence-electron chi connectivity index (χ0n) is 20.0. The van der Waals surface area contributed by atoms with E-state index < -0.39 is 21.1 Å². The number of nitrogens with one attached hydrogen (secondary N) is 1. The van der Waals surface area contributed by atoms with E-state index in [0.29, 0.717) is 18.8 Å². The van der Waals surface area contributed by atoms with Crippen LogP contribution in [-0.2, 0) is 34.1 Å². The fraction of sp³-hybridized carbons (Fsp3) is 0.360. The predicted octanol–water partition coefficient (Wildman–Crippen LogP) is 2.90. The number of benzene rings is 2. The highest BCUT2D eigenvalue weighted by molar-refractivity contribution is 7.89. The molecule has 1 aliphatic heterocycles. The fourth-order valence-corrected chi connectivity index (χ4v) is 5.16. The molecule has 180 valence electrons. The van der Waals surface area contributed by atoms with Gasteiger partial charge >= 0.3 is 5.69 Å². The van der Waals surface area contributed by atoms with Crippen molar-refractivity contribution < 1.29 is 13.2 Å². The standard InChI is InChI=1S/C25H29N3O5S/c1-25(2,3)20-11-19(28-9-8-22(29)26-24(28)30)12-21(23(20)33-4)27-13-17-7-6-16(10-18(17)14-27)15-34(5,31)32/h6-12H,13-15H2,1-5H3,(H,26,29,30). The zero-order valence-corrected chi connectivity index (χ0v) is 20.8. The van der Waals surface area contributed by atoms with Gasteiger partial charge in [0, 0.05) is 37.2 Å². The van der Waals surface area contributed by atoms with E-state index >= 15 is 0 Å². The smallest absolute Gasteiger partial charge is 0.332 e. The van der Waals surface area contributed by atoms with Gasteiger partial charge in [-0.05, 0) is 34.2 Å². The highest BCUT2D eigenvalue weighted by Gasteiger charge is 2.28. The van der Waals surface area contributed by atoms with Crippen molar-refractivity contribution in [2.45, 2.75) is 45.0 Å². The number of rotatable bonds is 5. The fourth-order valence-electron chi connectivity index (χ4n) is 4.38. The lowest BCUT2D eigenvalue weighted by Crippen LogP contribution is -2.28. The van der Waals surface area contributed by atoms with E-state index in [1.807, 2.05) is 30.3 Å². The number of H-pyrrole nitrogens is 1. The Morgan fingerprint density at radius 2 is 1.74 bits per heavy atom. The van der Waals surface area contributed by atoms with Crippen LogP contribution in [0.5, 0.6) is 5.75 Å². The lowest BCUT2D eigenvalue weighted by molar-refractivity contribution is 0.397. The van der Waals surface area contributed by atoms with Crippen LogP contribution in [0.15, 0.2) is 52.2 Å². The van der Waals surface area contributed by atoms with E-state index in [-0.39, 0.29) is 11.2 Å². The molecule has 0 saturated heterocycles. The Morgan fingerprint density at radius 1 is 1.03 bits per heavy atom. The van der Waals surface area contributed by atoms with Gasteiger partial charge in [-0.15, -0.1) is 0 Å². The summed E-state index contributed by atoms with van der Waals surface area (Å²) in [7, 11) is -1.50. The third kappa shape index (κ3) is 4.79. The van der Waals surface area contributed by atoms with Crippen LogP contribution in [0, 0.1) is 0 Å². The van der Waals surface area contributed by atoms with Crippen LogP contribution in [0.1, 0.15) is 43.0 Å². The molecule has 0 saturated carbocycles. The molecular weight excluding hydrogens is 454 g/mol. The van der Waals surface area contributed by atoms with Crippen molar-refractivity contribution >= 4 is 15.5 Å². The molecule has 1 aromatic heterocycles. The summed E-state index contributed by atoms with van der Waals surface area (Å²) < 4.78 is 30.8. The van der Waals surface area contributed by atoms with Gasteiger partial charge in [-0.1, -0.05) is 39.0 Å². The summed E-state index contributed by atoms with van der Waals surface area (Å²) in [6, 6.07) is 10.9. The third-order valence-electron chi connectivity index (χ3n) is 5.93. The van der Waals surface area contributed by atoms with Crippen LogP contribution in [0.2, 0.25) is 0 Å². The van der Waals surface area contributed by atoms with Gasteiger partial charge in [0.15, 0.2) is 9.84 Å². The van der Waals surface area contributed by atoms with Gasteiger partial charge in [-0.2, -0.15) is 0 Å². The largest absolute Gasteiger partial charge is 0.494 e. The third-order valence-corrected chi connectivity index (χ3v) is 6.79. The maximum Gasteiger partial charge on any atom is 0.332 e. The summed E-state index contributed by atoms with van der Waals surface area (Å²) in [5, 5.41) is 0. The SMILES string of the molecule is COc1c(N2Cc3ccc(CS(C)(=O)=O)cc3C2)cc(-n2ccc(=O)[nH]c2=O)cc1C(C)(C)C. The summed E-state index contributed by atoms with van der Waals surface area (Å²) in [6.07, 6.45) is 2.70. The summed E-state index contributed by atoms with van der Waals surface area (Å²) in [6.45, 7) is 7.42. The molecule has 3 aromatic rings. The number of methoxy groups -OCH3 is 1. The van der Waals surface area contributed by atoms with Crippen LogP contribution >= 0.6 is 0 Å². The lowest BCUT2D eigenvalue weighted by atomic mass is 9.85. The Bertz CT molecular complexity index is 1480. The summed E-state index contributed by atoms with van der Waals surface area (Å²) in [4.78, 5) is 28.6. The molecule has 1 aliphatic rings. The predicted molar refractivity (Wildman–Crippen MR) is 133 cm³/mol. The van der Waals surface area contributed by atoms with Gasteiger partial charge in [-0.3, -0.25) is 14.3 Å². The number of aromatic nitrogens is 2. The van der Waals surface area contributed by atoms with Crippen LogP contribution in [0.3, 0.4) is 0 Å². The first kappa shape index (κ1) is 23.8. The molecule has 9 heteroatoms. The number of anilines is 1. The number of sulfone groups is 1. The van der Waals surface area contributed by atoms with Crippen molar-refractivity contribution in [1.82, 2.24) is 9.55 Å². The van der Waals surface area contributed by atoms with E-state index in [0.717, 1.165) is 33.7 Å². The van der Waals surface area contributed by atoms with Gasteiger partial charge in [0.25, 0.3) is 5.56 Å². The van der Waals surface area contributed by atoms with Crippen LogP contribution in [0.4, 0.5) is 5.69 Å². The zero-order chi connectivity index (χ0) is 24.8. The van der Waals surface area contributed by atoms with Gasteiger partial charge in [0.05, 0.1) is 24.2 Å².